The first-order valence-corrected chi connectivity index (χ1v) is 12.3. The Labute approximate surface area is 206 Å². The zero-order chi connectivity index (χ0) is 24.8. The van der Waals surface area contributed by atoms with Gasteiger partial charge >= 0.3 is 0 Å². The van der Waals surface area contributed by atoms with Gasteiger partial charge in [0, 0.05) is 67.7 Å². The molecule has 0 unspecified atom stereocenters. The number of aromatic nitrogens is 3. The van der Waals surface area contributed by atoms with Crippen molar-refractivity contribution in [3.63, 3.8) is 0 Å². The summed E-state index contributed by atoms with van der Waals surface area (Å²) in [5.74, 6) is -0.435. The molecule has 184 valence electrons. The molecule has 0 radical (unpaired) electrons. The van der Waals surface area contributed by atoms with E-state index >= 15 is 0 Å². The number of fused-ring (bicyclic) bond motifs is 1. The normalized spacial score (nSPS) is 13.9. The average molecular weight is 499 g/mol. The Kier molecular flexibility index (Phi) is 8.01. The second kappa shape index (κ2) is 11.3. The van der Waals surface area contributed by atoms with Crippen LogP contribution in [0.5, 0.6) is 11.5 Å². The molecule has 11 heteroatoms. The van der Waals surface area contributed by atoms with Gasteiger partial charge in [-0.1, -0.05) is 13.8 Å². The van der Waals surface area contributed by atoms with Crippen LogP contribution >= 0.6 is 11.3 Å². The minimum atomic E-state index is -0.795. The molecule has 35 heavy (non-hydrogen) atoms. The molecule has 1 fully saturated rings. The highest BCUT2D eigenvalue weighted by Gasteiger charge is 2.16. The molecular weight excluding hydrogens is 471 g/mol. The average Bonchev–Trinajstić information content (AvgIpc) is 3.53. The van der Waals surface area contributed by atoms with E-state index in [1.54, 1.807) is 12.3 Å². The summed E-state index contributed by atoms with van der Waals surface area (Å²) in [6, 6.07) is 6.93. The Morgan fingerprint density at radius 1 is 1.17 bits per heavy atom. The Morgan fingerprint density at radius 3 is 2.71 bits per heavy atom. The standard InChI is InChI=1S/C22H21FN6O3S.C2H6/c23-17-11-16(29(30)31)1-2-19(17)32-20-3-4-25-18-12-21(33-22(18)20)15-13-26-28(14-15)10-9-27-7-5-24-6-8-27;1-2/h1-4,11-14,24H,5-10H2;1-2H3. The molecule has 5 rings (SSSR count). The number of rotatable bonds is 7. The predicted molar refractivity (Wildman–Crippen MR) is 135 cm³/mol. The largest absolute Gasteiger partial charge is 0.453 e. The number of ether oxygens (including phenoxy) is 1. The third kappa shape index (κ3) is 5.81. The van der Waals surface area contributed by atoms with Gasteiger partial charge in [-0.2, -0.15) is 5.10 Å². The first kappa shape index (κ1) is 24.7. The molecule has 1 aromatic carbocycles. The van der Waals surface area contributed by atoms with Gasteiger partial charge in [-0.15, -0.1) is 11.3 Å². The van der Waals surface area contributed by atoms with E-state index in [1.165, 1.54) is 23.5 Å². The molecule has 0 amide bonds. The maximum Gasteiger partial charge on any atom is 0.272 e. The number of nitro groups is 1. The molecule has 0 atom stereocenters. The van der Waals surface area contributed by atoms with Gasteiger partial charge in [0.05, 0.1) is 33.9 Å². The summed E-state index contributed by atoms with van der Waals surface area (Å²) in [5.41, 5.74) is 1.38. The number of nitrogens with zero attached hydrogens (tertiary/aromatic N) is 5. The number of hydrogen-bond donors (Lipinski definition) is 1. The van der Waals surface area contributed by atoms with Crippen LogP contribution in [-0.4, -0.2) is 57.3 Å². The highest BCUT2D eigenvalue weighted by Crippen LogP contribution is 2.39. The summed E-state index contributed by atoms with van der Waals surface area (Å²) in [6.45, 7) is 9.91. The van der Waals surface area contributed by atoms with Gasteiger partial charge in [-0.3, -0.25) is 24.7 Å². The van der Waals surface area contributed by atoms with E-state index in [-0.39, 0.29) is 11.4 Å². The predicted octanol–water partition coefficient (Wildman–Crippen LogP) is 4.93. The van der Waals surface area contributed by atoms with Gasteiger partial charge in [0.15, 0.2) is 11.6 Å². The highest BCUT2D eigenvalue weighted by atomic mass is 32.1. The van der Waals surface area contributed by atoms with Crippen molar-refractivity contribution in [2.75, 3.05) is 32.7 Å². The Morgan fingerprint density at radius 2 is 1.97 bits per heavy atom. The van der Waals surface area contributed by atoms with Crippen molar-refractivity contribution in [3.8, 4) is 21.9 Å². The van der Waals surface area contributed by atoms with Crippen LogP contribution in [0.25, 0.3) is 20.7 Å². The highest BCUT2D eigenvalue weighted by molar-refractivity contribution is 7.22. The first-order valence-electron chi connectivity index (χ1n) is 11.5. The lowest BCUT2D eigenvalue weighted by Gasteiger charge is -2.26. The monoisotopic (exact) mass is 498 g/mol. The molecule has 4 heterocycles. The van der Waals surface area contributed by atoms with Crippen LogP contribution in [0.1, 0.15) is 13.8 Å². The third-order valence-electron chi connectivity index (χ3n) is 5.49. The Hall–Kier alpha value is -3.41. The van der Waals surface area contributed by atoms with Gasteiger partial charge in [0.2, 0.25) is 0 Å². The number of thiophene rings is 1. The molecule has 1 N–H and O–H groups in total. The Balaban J connectivity index is 0.00000141. The van der Waals surface area contributed by atoms with Gasteiger partial charge in [-0.05, 0) is 12.1 Å². The molecule has 9 nitrogen and oxygen atoms in total. The summed E-state index contributed by atoms with van der Waals surface area (Å²) in [4.78, 5) is 18.0. The number of halogens is 1. The molecule has 0 aliphatic carbocycles. The van der Waals surface area contributed by atoms with Crippen LogP contribution in [-0.2, 0) is 6.54 Å². The summed E-state index contributed by atoms with van der Waals surface area (Å²) in [6.07, 6.45) is 5.44. The number of non-ortho nitro benzene ring substituents is 1. The summed E-state index contributed by atoms with van der Waals surface area (Å²) >= 11 is 1.48. The second-order valence-corrected chi connectivity index (χ2v) is 8.74. The molecule has 3 aromatic heterocycles. The lowest BCUT2D eigenvalue weighted by atomic mass is 10.2. The van der Waals surface area contributed by atoms with Gasteiger partial charge in [-0.25, -0.2) is 4.39 Å². The first-order chi connectivity index (χ1) is 17.1. The SMILES string of the molecule is CC.O=[N+]([O-])c1ccc(Oc2ccnc3cc(-c4cnn(CCN5CCNCC5)c4)sc23)c(F)c1. The molecule has 1 saturated heterocycles. The van der Waals surface area contributed by atoms with E-state index in [1.807, 2.05) is 37.0 Å². The van der Waals surface area contributed by atoms with Gasteiger partial charge in [0.1, 0.15) is 5.75 Å². The lowest BCUT2D eigenvalue weighted by molar-refractivity contribution is -0.385. The van der Waals surface area contributed by atoms with Crippen molar-refractivity contribution in [2.24, 2.45) is 0 Å². The lowest BCUT2D eigenvalue weighted by Crippen LogP contribution is -2.44. The van der Waals surface area contributed by atoms with Crippen LogP contribution in [0.15, 0.2) is 48.9 Å². The molecule has 0 spiro atoms. The molecule has 4 aromatic rings. The van der Waals surface area contributed by atoms with Crippen molar-refractivity contribution in [3.05, 3.63) is 64.9 Å². The molecule has 0 saturated carbocycles. The number of benzene rings is 1. The van der Waals surface area contributed by atoms with E-state index < -0.39 is 10.7 Å². The van der Waals surface area contributed by atoms with Gasteiger partial charge in [0.25, 0.3) is 5.69 Å². The maximum absolute atomic E-state index is 14.3. The number of pyridine rings is 1. The summed E-state index contributed by atoms with van der Waals surface area (Å²) in [7, 11) is 0. The number of nitro benzene ring substituents is 1. The fraction of sp³-hybridized carbons (Fsp3) is 0.333. The van der Waals surface area contributed by atoms with Crippen molar-refractivity contribution in [1.29, 1.82) is 0 Å². The van der Waals surface area contributed by atoms with Crippen LogP contribution in [0.4, 0.5) is 10.1 Å². The zero-order valence-electron chi connectivity index (χ0n) is 19.6. The fourth-order valence-electron chi connectivity index (χ4n) is 3.73. The summed E-state index contributed by atoms with van der Waals surface area (Å²) in [5, 5.41) is 18.7. The van der Waals surface area contributed by atoms with Crippen LogP contribution in [0.3, 0.4) is 0 Å². The number of hydrogen-bond acceptors (Lipinski definition) is 8. The van der Waals surface area contributed by atoms with E-state index in [4.69, 9.17) is 4.74 Å². The number of piperazine rings is 1. The van der Waals surface area contributed by atoms with Crippen molar-refractivity contribution in [2.45, 2.75) is 20.4 Å². The van der Waals surface area contributed by atoms with Crippen molar-refractivity contribution in [1.82, 2.24) is 25.0 Å². The maximum atomic E-state index is 14.3. The second-order valence-electron chi connectivity index (χ2n) is 7.69. The fourth-order valence-corrected chi connectivity index (χ4v) is 4.77. The van der Waals surface area contributed by atoms with Crippen LogP contribution in [0.2, 0.25) is 0 Å². The van der Waals surface area contributed by atoms with E-state index in [0.29, 0.717) is 5.75 Å². The van der Waals surface area contributed by atoms with Crippen molar-refractivity contribution < 1.29 is 14.1 Å². The minimum absolute atomic E-state index is 0.0798. The smallest absolute Gasteiger partial charge is 0.272 e. The molecule has 1 aliphatic heterocycles. The zero-order valence-corrected chi connectivity index (χ0v) is 20.4. The minimum Gasteiger partial charge on any atom is -0.453 e. The molecular formula is C24H27FN6O3S. The van der Waals surface area contributed by atoms with Gasteiger partial charge < -0.3 is 10.1 Å². The quantitative estimate of drug-likeness (QED) is 0.285. The summed E-state index contributed by atoms with van der Waals surface area (Å²) < 4.78 is 22.8. The molecule has 1 aliphatic rings. The third-order valence-corrected chi connectivity index (χ3v) is 6.68. The van der Waals surface area contributed by atoms with E-state index in [2.05, 4.69) is 20.3 Å². The van der Waals surface area contributed by atoms with Crippen LogP contribution in [0, 0.1) is 15.9 Å². The molecule has 0 bridgehead atoms. The van der Waals surface area contributed by atoms with E-state index in [9.17, 15) is 14.5 Å². The van der Waals surface area contributed by atoms with Crippen LogP contribution < -0.4 is 10.1 Å². The Bertz CT molecular complexity index is 1300. The topological polar surface area (TPSA) is 98.4 Å². The number of nitrogens with one attached hydrogen (secondary N) is 1. The van der Waals surface area contributed by atoms with Crippen molar-refractivity contribution >= 4 is 27.2 Å². The van der Waals surface area contributed by atoms with E-state index in [0.717, 1.165) is 66.0 Å².